The fourth-order valence-electron chi connectivity index (χ4n) is 3.09. The smallest absolute Gasteiger partial charge is 0.0364 e. The second-order valence-corrected chi connectivity index (χ2v) is 6.14. The highest BCUT2D eigenvalue weighted by Crippen LogP contribution is 2.31. The third kappa shape index (κ3) is 4.58. The maximum Gasteiger partial charge on any atom is 0.0364 e. The Labute approximate surface area is 146 Å². The molecule has 0 saturated carbocycles. The number of allylic oxidation sites excluding steroid dienone is 4. The van der Waals surface area contributed by atoms with E-state index in [0.29, 0.717) is 0 Å². The van der Waals surface area contributed by atoms with Gasteiger partial charge in [-0.05, 0) is 60.1 Å². The summed E-state index contributed by atoms with van der Waals surface area (Å²) in [6.45, 7) is 8.78. The number of hydrogen-bond donors (Lipinski definition) is 0. The minimum Gasteiger partial charge on any atom is -0.374 e. The molecule has 0 unspecified atom stereocenters. The van der Waals surface area contributed by atoms with Crippen LogP contribution in [-0.4, -0.2) is 26.9 Å². The van der Waals surface area contributed by atoms with Gasteiger partial charge in [-0.2, -0.15) is 0 Å². The lowest BCUT2D eigenvalue weighted by Crippen LogP contribution is -2.17. The molecule has 126 valence electrons. The van der Waals surface area contributed by atoms with E-state index >= 15 is 0 Å². The fraction of sp³-hybridized carbons (Fsp3) is 0.318. The van der Waals surface area contributed by atoms with Gasteiger partial charge in [0.2, 0.25) is 0 Å². The highest BCUT2D eigenvalue weighted by molar-refractivity contribution is 5.83. The number of rotatable bonds is 7. The Morgan fingerprint density at radius 3 is 2.54 bits per heavy atom. The molecule has 0 heterocycles. The van der Waals surface area contributed by atoms with Crippen molar-refractivity contribution in [2.45, 2.75) is 25.7 Å². The predicted molar refractivity (Wildman–Crippen MR) is 108 cm³/mol. The molecule has 2 nitrogen and oxygen atoms in total. The molecule has 0 fully saturated rings. The molecule has 0 amide bonds. The van der Waals surface area contributed by atoms with E-state index in [9.17, 15) is 0 Å². The topological polar surface area (TPSA) is 15.6 Å². The average molecular weight is 320 g/mol. The normalized spacial score (nSPS) is 16.7. The number of hydrogen-bond acceptors (Lipinski definition) is 2. The van der Waals surface area contributed by atoms with E-state index in [1.807, 2.05) is 25.4 Å². The molecule has 0 saturated heterocycles. The van der Waals surface area contributed by atoms with Crippen LogP contribution in [0, 0.1) is 0 Å². The van der Waals surface area contributed by atoms with Gasteiger partial charge in [-0.25, -0.2) is 0 Å². The number of nitrogens with zero attached hydrogens (tertiary/aromatic N) is 2. The molecule has 0 radical (unpaired) electrons. The van der Waals surface area contributed by atoms with Gasteiger partial charge in [-0.1, -0.05) is 36.9 Å². The van der Waals surface area contributed by atoms with Gasteiger partial charge in [0, 0.05) is 32.5 Å². The van der Waals surface area contributed by atoms with Crippen molar-refractivity contribution in [2.75, 3.05) is 25.5 Å². The summed E-state index contributed by atoms with van der Waals surface area (Å²) >= 11 is 0. The maximum atomic E-state index is 4.18. The van der Waals surface area contributed by atoms with Crippen molar-refractivity contribution in [1.29, 1.82) is 0 Å². The lowest BCUT2D eigenvalue weighted by atomic mass is 9.86. The first-order valence-electron chi connectivity index (χ1n) is 8.60. The quantitative estimate of drug-likeness (QED) is 0.482. The molecule has 1 aromatic rings. The van der Waals surface area contributed by atoms with E-state index in [1.165, 1.54) is 34.4 Å². The lowest BCUT2D eigenvalue weighted by Gasteiger charge is -2.20. The molecular formula is C22H28N2. The van der Waals surface area contributed by atoms with E-state index in [2.05, 4.69) is 60.4 Å². The van der Waals surface area contributed by atoms with Crippen molar-refractivity contribution in [2.24, 2.45) is 4.99 Å². The molecule has 0 atom stereocenters. The molecular weight excluding hydrogens is 292 g/mol. The highest BCUT2D eigenvalue weighted by atomic mass is 15.1. The molecule has 0 N–H and O–H groups in total. The Morgan fingerprint density at radius 2 is 1.92 bits per heavy atom. The number of benzene rings is 1. The summed E-state index contributed by atoms with van der Waals surface area (Å²) in [7, 11) is 3.94. The van der Waals surface area contributed by atoms with E-state index in [4.69, 9.17) is 0 Å². The van der Waals surface area contributed by atoms with Crippen LogP contribution in [0.1, 0.15) is 31.2 Å². The van der Waals surface area contributed by atoms with E-state index in [0.717, 1.165) is 25.8 Å². The van der Waals surface area contributed by atoms with Crippen LogP contribution in [0.4, 0.5) is 5.69 Å². The third-order valence-electron chi connectivity index (χ3n) is 4.42. The summed E-state index contributed by atoms with van der Waals surface area (Å²) in [6, 6.07) is 8.75. The molecule has 2 rings (SSSR count). The average Bonchev–Trinajstić information content (AvgIpc) is 2.61. The zero-order chi connectivity index (χ0) is 17.4. The Balaban J connectivity index is 2.22. The minimum atomic E-state index is 0.993. The van der Waals surface area contributed by atoms with Gasteiger partial charge in [0.05, 0.1) is 0 Å². The molecule has 0 aromatic heterocycles. The zero-order valence-corrected chi connectivity index (χ0v) is 15.0. The third-order valence-corrected chi connectivity index (χ3v) is 4.42. The Morgan fingerprint density at radius 1 is 1.17 bits per heavy atom. The monoisotopic (exact) mass is 320 g/mol. The Hall–Kier alpha value is -2.35. The molecule has 2 heteroatoms. The summed E-state index contributed by atoms with van der Waals surface area (Å²) in [5, 5.41) is 0. The van der Waals surface area contributed by atoms with Crippen LogP contribution in [-0.2, 0) is 0 Å². The molecule has 0 aliphatic heterocycles. The standard InChI is InChI=1S/C22H28N2/c1-5-7-15-24(4)21-13-11-18(12-14-21)16-19-9-8-10-20(17-23-3)22(19)6-2/h5-6,11-14,16-17H,1-2,7-10,15H2,3-4H3/b19-16+,23-17?. The predicted octanol–water partition coefficient (Wildman–Crippen LogP) is 5.45. The van der Waals surface area contributed by atoms with Crippen LogP contribution in [0.5, 0.6) is 0 Å². The Bertz CT molecular complexity index is 660. The number of aliphatic imine (C=N–C) groups is 1. The van der Waals surface area contributed by atoms with Crippen LogP contribution in [0.2, 0.25) is 0 Å². The molecule has 1 aromatic carbocycles. The fourth-order valence-corrected chi connectivity index (χ4v) is 3.09. The highest BCUT2D eigenvalue weighted by Gasteiger charge is 2.13. The van der Waals surface area contributed by atoms with Gasteiger partial charge >= 0.3 is 0 Å². The van der Waals surface area contributed by atoms with Crippen LogP contribution in [0.3, 0.4) is 0 Å². The summed E-state index contributed by atoms with van der Waals surface area (Å²) in [6.07, 6.45) is 12.5. The van der Waals surface area contributed by atoms with Gasteiger partial charge in [0.15, 0.2) is 0 Å². The Kier molecular flexibility index (Phi) is 6.80. The molecule has 24 heavy (non-hydrogen) atoms. The first-order valence-corrected chi connectivity index (χ1v) is 8.60. The first kappa shape index (κ1) is 18.0. The van der Waals surface area contributed by atoms with Gasteiger partial charge in [-0.15, -0.1) is 6.58 Å². The maximum absolute atomic E-state index is 4.18. The first-order chi connectivity index (χ1) is 11.7. The summed E-state index contributed by atoms with van der Waals surface area (Å²) < 4.78 is 0. The largest absolute Gasteiger partial charge is 0.374 e. The SMILES string of the molecule is C=CCCN(C)c1ccc(/C=C2\CCCC(C=NC)=C2C=C)cc1. The number of anilines is 1. The minimum absolute atomic E-state index is 0.993. The molecule has 0 spiro atoms. The van der Waals surface area contributed by atoms with Gasteiger partial charge in [-0.3, -0.25) is 4.99 Å². The van der Waals surface area contributed by atoms with Crippen LogP contribution in [0.15, 0.2) is 71.3 Å². The summed E-state index contributed by atoms with van der Waals surface area (Å²) in [5.74, 6) is 0. The van der Waals surface area contributed by atoms with Crippen molar-refractivity contribution < 1.29 is 0 Å². The summed E-state index contributed by atoms with van der Waals surface area (Å²) in [5.41, 5.74) is 6.38. The molecule has 1 aliphatic carbocycles. The van der Waals surface area contributed by atoms with E-state index in [1.54, 1.807) is 0 Å². The van der Waals surface area contributed by atoms with Crippen LogP contribution < -0.4 is 4.90 Å². The van der Waals surface area contributed by atoms with Crippen molar-refractivity contribution in [1.82, 2.24) is 0 Å². The zero-order valence-electron chi connectivity index (χ0n) is 15.0. The van der Waals surface area contributed by atoms with Gasteiger partial charge < -0.3 is 4.90 Å². The molecule has 0 bridgehead atoms. The van der Waals surface area contributed by atoms with Crippen LogP contribution >= 0.6 is 0 Å². The second-order valence-electron chi connectivity index (χ2n) is 6.14. The van der Waals surface area contributed by atoms with Crippen molar-refractivity contribution >= 4 is 18.0 Å². The van der Waals surface area contributed by atoms with Crippen molar-refractivity contribution in [3.05, 3.63) is 71.9 Å². The van der Waals surface area contributed by atoms with Gasteiger partial charge in [0.1, 0.15) is 0 Å². The summed E-state index contributed by atoms with van der Waals surface area (Å²) in [4.78, 5) is 6.44. The van der Waals surface area contributed by atoms with Gasteiger partial charge in [0.25, 0.3) is 0 Å². The van der Waals surface area contributed by atoms with E-state index < -0.39 is 0 Å². The van der Waals surface area contributed by atoms with E-state index in [-0.39, 0.29) is 0 Å². The molecule has 1 aliphatic rings. The van der Waals surface area contributed by atoms with Crippen LogP contribution in [0.25, 0.3) is 6.08 Å². The second kappa shape index (κ2) is 9.07. The lowest BCUT2D eigenvalue weighted by molar-refractivity contribution is 0.798. The van der Waals surface area contributed by atoms with Crippen molar-refractivity contribution in [3.8, 4) is 0 Å². The van der Waals surface area contributed by atoms with Crippen molar-refractivity contribution in [3.63, 3.8) is 0 Å².